The van der Waals surface area contributed by atoms with Crippen LogP contribution in [0.4, 0.5) is 17.1 Å². The van der Waals surface area contributed by atoms with Crippen molar-refractivity contribution in [2.24, 2.45) is 0 Å². The number of aryl methyl sites for hydroxylation is 7. The van der Waals surface area contributed by atoms with E-state index < -0.39 is 0 Å². The zero-order chi connectivity index (χ0) is 24.4. The number of nitrogens with zero attached hydrogens (tertiary/aromatic N) is 1. The topological polar surface area (TPSA) is 3.24 Å². The van der Waals surface area contributed by atoms with Gasteiger partial charge in [0.2, 0.25) is 0 Å². The Morgan fingerprint density at radius 1 is 0.412 bits per heavy atom. The van der Waals surface area contributed by atoms with E-state index in [9.17, 15) is 0 Å². The Labute approximate surface area is 205 Å². The van der Waals surface area contributed by atoms with Crippen molar-refractivity contribution in [3.8, 4) is 0 Å². The highest BCUT2D eigenvalue weighted by atomic mass is 15.1. The van der Waals surface area contributed by atoms with Crippen LogP contribution >= 0.6 is 0 Å². The second-order valence-corrected chi connectivity index (χ2v) is 9.61. The Morgan fingerprint density at radius 3 is 1.26 bits per heavy atom. The molecule has 0 aliphatic rings. The van der Waals surface area contributed by atoms with E-state index in [0.29, 0.717) is 0 Å². The van der Waals surface area contributed by atoms with Crippen molar-refractivity contribution in [3.63, 3.8) is 0 Å². The van der Waals surface area contributed by atoms with Crippen molar-refractivity contribution in [2.75, 3.05) is 4.90 Å². The van der Waals surface area contributed by atoms with Crippen LogP contribution in [0, 0.1) is 48.5 Å². The monoisotopic (exact) mass is 445 g/mol. The molecule has 0 aliphatic heterocycles. The third-order valence-corrected chi connectivity index (χ3v) is 6.88. The lowest BCUT2D eigenvalue weighted by molar-refractivity contribution is 1.22. The minimum absolute atomic E-state index is 1.17. The lowest BCUT2D eigenvalue weighted by Gasteiger charge is -2.27. The predicted octanol–water partition coefficient (Wildman–Crippen LogP) is 9.49. The summed E-state index contributed by atoms with van der Waals surface area (Å²) in [5, 5.41) is 0. The molecule has 4 rings (SSSR count). The molecule has 4 aromatic rings. The van der Waals surface area contributed by atoms with Crippen LogP contribution in [0.5, 0.6) is 0 Å². The maximum atomic E-state index is 2.36. The molecule has 1 heteroatoms. The normalized spacial score (nSPS) is 11.3. The Bertz CT molecular complexity index is 1320. The highest BCUT2D eigenvalue weighted by Crippen LogP contribution is 2.37. The van der Waals surface area contributed by atoms with Gasteiger partial charge >= 0.3 is 0 Å². The van der Waals surface area contributed by atoms with Gasteiger partial charge in [-0.2, -0.15) is 0 Å². The molecule has 0 amide bonds. The Hall–Kier alpha value is -3.58. The molecule has 0 saturated heterocycles. The summed E-state index contributed by atoms with van der Waals surface area (Å²) in [6, 6.07) is 26.8. The van der Waals surface area contributed by atoms with Gasteiger partial charge in [-0.15, -0.1) is 0 Å². The number of hydrogen-bond acceptors (Lipinski definition) is 1. The van der Waals surface area contributed by atoms with E-state index in [1.807, 2.05) is 0 Å². The van der Waals surface area contributed by atoms with E-state index in [2.05, 4.69) is 138 Å². The fourth-order valence-corrected chi connectivity index (χ4v) is 4.35. The van der Waals surface area contributed by atoms with Crippen LogP contribution in [0.25, 0.3) is 12.2 Å². The summed E-state index contributed by atoms with van der Waals surface area (Å²) >= 11 is 0. The largest absolute Gasteiger partial charge is 0.310 e. The fraction of sp³-hybridized carbons (Fsp3) is 0.212. The van der Waals surface area contributed by atoms with Crippen LogP contribution in [0.1, 0.15) is 50.1 Å². The molecule has 0 saturated carbocycles. The van der Waals surface area contributed by atoms with Crippen LogP contribution in [-0.2, 0) is 0 Å². The molecule has 0 heterocycles. The third-order valence-electron chi connectivity index (χ3n) is 6.88. The summed E-state index contributed by atoms with van der Waals surface area (Å²) in [7, 11) is 0. The van der Waals surface area contributed by atoms with Crippen LogP contribution in [0.15, 0.2) is 72.8 Å². The van der Waals surface area contributed by atoms with Crippen LogP contribution < -0.4 is 4.90 Å². The minimum atomic E-state index is 1.17. The summed E-state index contributed by atoms with van der Waals surface area (Å²) in [6.07, 6.45) is 4.45. The summed E-state index contributed by atoms with van der Waals surface area (Å²) < 4.78 is 0. The first-order valence-corrected chi connectivity index (χ1v) is 12.0. The third kappa shape index (κ3) is 4.99. The standard InChI is InChI=1S/C33H35N/c1-22-8-11-29(27(6)18-22)12-13-30-14-17-33(21-28(30)7)34(31-15-9-23(2)25(4)19-31)32-16-10-24(3)26(5)20-32/h8-21H,1-7H3. The van der Waals surface area contributed by atoms with Gasteiger partial charge in [-0.1, -0.05) is 54.1 Å². The van der Waals surface area contributed by atoms with Crippen molar-refractivity contribution >= 4 is 29.2 Å². The molecule has 0 aromatic heterocycles. The SMILES string of the molecule is Cc1ccc(C=Cc2ccc(N(c3ccc(C)c(C)c3)c3ccc(C)c(C)c3)cc2C)c(C)c1. The second-order valence-electron chi connectivity index (χ2n) is 9.61. The molecule has 0 unspecified atom stereocenters. The predicted molar refractivity (Wildman–Crippen MR) is 150 cm³/mol. The van der Waals surface area contributed by atoms with Gasteiger partial charge in [-0.25, -0.2) is 0 Å². The van der Waals surface area contributed by atoms with Crippen molar-refractivity contribution in [1.82, 2.24) is 0 Å². The highest BCUT2D eigenvalue weighted by molar-refractivity contribution is 5.80. The molecular formula is C33H35N. The van der Waals surface area contributed by atoms with Crippen LogP contribution in [0.2, 0.25) is 0 Å². The van der Waals surface area contributed by atoms with Crippen LogP contribution in [-0.4, -0.2) is 0 Å². The molecular weight excluding hydrogens is 410 g/mol. The zero-order valence-corrected chi connectivity index (χ0v) is 21.5. The molecule has 0 radical (unpaired) electrons. The smallest absolute Gasteiger partial charge is 0.0464 e. The number of hydrogen-bond donors (Lipinski definition) is 0. The second kappa shape index (κ2) is 9.73. The van der Waals surface area contributed by atoms with Gasteiger partial charge < -0.3 is 4.90 Å². The van der Waals surface area contributed by atoms with Gasteiger partial charge in [0.25, 0.3) is 0 Å². The molecule has 4 aromatic carbocycles. The van der Waals surface area contributed by atoms with Gasteiger partial charge in [0.15, 0.2) is 0 Å². The summed E-state index contributed by atoms with van der Waals surface area (Å²) in [5.41, 5.74) is 15.1. The molecule has 172 valence electrons. The average Bonchev–Trinajstić information content (AvgIpc) is 2.79. The summed E-state index contributed by atoms with van der Waals surface area (Å²) in [5.74, 6) is 0. The maximum absolute atomic E-state index is 2.36. The lowest BCUT2D eigenvalue weighted by atomic mass is 10.0. The van der Waals surface area contributed by atoms with E-state index in [0.717, 1.165) is 0 Å². The first-order chi connectivity index (χ1) is 16.2. The summed E-state index contributed by atoms with van der Waals surface area (Å²) in [4.78, 5) is 2.36. The van der Waals surface area contributed by atoms with E-state index in [1.165, 1.54) is 67.1 Å². The number of anilines is 3. The average molecular weight is 446 g/mol. The van der Waals surface area contributed by atoms with E-state index in [-0.39, 0.29) is 0 Å². The Morgan fingerprint density at radius 2 is 0.824 bits per heavy atom. The van der Waals surface area contributed by atoms with Gasteiger partial charge in [0, 0.05) is 17.1 Å². The van der Waals surface area contributed by atoms with Crippen molar-refractivity contribution in [3.05, 3.63) is 123 Å². The van der Waals surface area contributed by atoms with Gasteiger partial charge in [-0.3, -0.25) is 0 Å². The Balaban J connectivity index is 1.75. The fourth-order valence-electron chi connectivity index (χ4n) is 4.35. The maximum Gasteiger partial charge on any atom is 0.0464 e. The number of benzene rings is 4. The molecule has 0 bridgehead atoms. The molecule has 0 N–H and O–H groups in total. The summed E-state index contributed by atoms with van der Waals surface area (Å²) in [6.45, 7) is 15.2. The first kappa shape index (κ1) is 23.6. The molecule has 0 atom stereocenters. The van der Waals surface area contributed by atoms with Crippen molar-refractivity contribution < 1.29 is 0 Å². The van der Waals surface area contributed by atoms with E-state index >= 15 is 0 Å². The van der Waals surface area contributed by atoms with Crippen molar-refractivity contribution in [2.45, 2.75) is 48.5 Å². The lowest BCUT2D eigenvalue weighted by Crippen LogP contribution is -2.11. The minimum Gasteiger partial charge on any atom is -0.310 e. The van der Waals surface area contributed by atoms with Crippen molar-refractivity contribution in [1.29, 1.82) is 0 Å². The van der Waals surface area contributed by atoms with Gasteiger partial charge in [0.05, 0.1) is 0 Å². The Kier molecular flexibility index (Phi) is 6.75. The molecule has 0 spiro atoms. The zero-order valence-electron chi connectivity index (χ0n) is 21.5. The quantitative estimate of drug-likeness (QED) is 0.276. The van der Waals surface area contributed by atoms with E-state index in [4.69, 9.17) is 0 Å². The molecule has 34 heavy (non-hydrogen) atoms. The van der Waals surface area contributed by atoms with E-state index in [1.54, 1.807) is 0 Å². The highest BCUT2D eigenvalue weighted by Gasteiger charge is 2.15. The van der Waals surface area contributed by atoms with Crippen LogP contribution in [0.3, 0.4) is 0 Å². The number of rotatable bonds is 5. The molecule has 1 nitrogen and oxygen atoms in total. The molecule has 0 aliphatic carbocycles. The molecule has 0 fully saturated rings. The van der Waals surface area contributed by atoms with Gasteiger partial charge in [-0.05, 0) is 129 Å². The van der Waals surface area contributed by atoms with Gasteiger partial charge in [0.1, 0.15) is 0 Å². The first-order valence-electron chi connectivity index (χ1n) is 12.0.